The van der Waals surface area contributed by atoms with Crippen molar-refractivity contribution >= 4 is 43.2 Å². The lowest BCUT2D eigenvalue weighted by molar-refractivity contribution is 1.43. The van der Waals surface area contributed by atoms with Crippen molar-refractivity contribution in [1.82, 2.24) is 0 Å². The van der Waals surface area contributed by atoms with E-state index in [2.05, 4.69) is 0 Å². The molecule has 3 aromatic rings. The smallest absolute Gasteiger partial charge is 0.195 e. The molecular formula is C15H12N4OS. The lowest BCUT2D eigenvalue weighted by atomic mass is 10.1. The summed E-state index contributed by atoms with van der Waals surface area (Å²) < 4.78 is 1.68. The van der Waals surface area contributed by atoms with Gasteiger partial charge in [0.25, 0.3) is 0 Å². The summed E-state index contributed by atoms with van der Waals surface area (Å²) in [6, 6.07) is 10.3. The van der Waals surface area contributed by atoms with Gasteiger partial charge in [0.2, 0.25) is 0 Å². The quantitative estimate of drug-likeness (QED) is 0.329. The van der Waals surface area contributed by atoms with Crippen molar-refractivity contribution in [3.05, 3.63) is 57.7 Å². The maximum atomic E-state index is 12.6. The summed E-state index contributed by atoms with van der Waals surface area (Å²) in [5.41, 5.74) is 11.9. The van der Waals surface area contributed by atoms with Gasteiger partial charge in [-0.15, -0.1) is 11.3 Å². The first-order valence-corrected chi connectivity index (χ1v) is 6.98. The highest BCUT2D eigenvalue weighted by atomic mass is 32.1. The minimum absolute atomic E-state index is 0.0705. The van der Waals surface area contributed by atoms with Crippen molar-refractivity contribution < 1.29 is 0 Å². The number of hydrogen-bond donors (Lipinski definition) is 4. The summed E-state index contributed by atoms with van der Waals surface area (Å²) in [5.74, 6) is -0.141. The highest BCUT2D eigenvalue weighted by Gasteiger charge is 2.09. The number of benzene rings is 2. The van der Waals surface area contributed by atoms with Crippen molar-refractivity contribution in [2.24, 2.45) is 11.5 Å². The molecule has 2 aromatic carbocycles. The van der Waals surface area contributed by atoms with Gasteiger partial charge in [0.1, 0.15) is 11.7 Å². The summed E-state index contributed by atoms with van der Waals surface area (Å²) >= 11 is 1.48. The second-order valence-corrected chi connectivity index (χ2v) is 5.76. The molecule has 6 heteroatoms. The molecule has 0 spiro atoms. The van der Waals surface area contributed by atoms with Crippen molar-refractivity contribution in [3.8, 4) is 0 Å². The van der Waals surface area contributed by atoms with Crippen LogP contribution in [0.15, 0.2) is 41.2 Å². The summed E-state index contributed by atoms with van der Waals surface area (Å²) in [6.45, 7) is 0. The van der Waals surface area contributed by atoms with Crippen molar-refractivity contribution in [2.45, 2.75) is 0 Å². The molecule has 0 saturated heterocycles. The van der Waals surface area contributed by atoms with Crippen molar-refractivity contribution in [3.63, 3.8) is 0 Å². The normalized spacial score (nSPS) is 10.9. The number of nitrogens with two attached hydrogens (primary N) is 2. The number of nitrogen functional groups attached to an aromatic ring is 2. The second kappa shape index (κ2) is 4.68. The molecule has 0 atom stereocenters. The molecule has 0 bridgehead atoms. The SMILES string of the molecule is N=C(N)c1ccc2sc3ccc(C(=N)N)cc3c(=O)c2c1. The zero-order valence-corrected chi connectivity index (χ0v) is 11.8. The highest BCUT2D eigenvalue weighted by molar-refractivity contribution is 7.24. The van der Waals surface area contributed by atoms with Gasteiger partial charge in [-0.05, 0) is 36.4 Å². The van der Waals surface area contributed by atoms with Crippen LogP contribution in [0.5, 0.6) is 0 Å². The topological polar surface area (TPSA) is 117 Å². The van der Waals surface area contributed by atoms with Gasteiger partial charge in [0, 0.05) is 31.3 Å². The number of hydrogen-bond acceptors (Lipinski definition) is 4. The second-order valence-electron chi connectivity index (χ2n) is 4.68. The average Bonchev–Trinajstić information content (AvgIpc) is 2.46. The molecule has 0 aliphatic carbocycles. The average molecular weight is 296 g/mol. The zero-order valence-electron chi connectivity index (χ0n) is 10.9. The molecule has 5 nitrogen and oxygen atoms in total. The Bertz CT molecular complexity index is 899. The van der Waals surface area contributed by atoms with Gasteiger partial charge in [-0.25, -0.2) is 0 Å². The van der Waals surface area contributed by atoms with Crippen LogP contribution in [0, 0.1) is 10.8 Å². The molecule has 1 heterocycles. The Morgan fingerprint density at radius 1 is 0.857 bits per heavy atom. The predicted octanol–water partition coefficient (Wildman–Crippen LogP) is 1.98. The Morgan fingerprint density at radius 3 is 1.67 bits per heavy atom. The lowest BCUT2D eigenvalue weighted by Gasteiger charge is -2.05. The molecule has 21 heavy (non-hydrogen) atoms. The fourth-order valence-corrected chi connectivity index (χ4v) is 3.22. The van der Waals surface area contributed by atoms with E-state index in [0.717, 1.165) is 9.40 Å². The third kappa shape index (κ3) is 2.15. The number of rotatable bonds is 2. The van der Waals surface area contributed by atoms with Gasteiger partial charge in [-0.2, -0.15) is 0 Å². The fourth-order valence-electron chi connectivity index (χ4n) is 2.19. The van der Waals surface area contributed by atoms with E-state index in [4.69, 9.17) is 22.3 Å². The minimum atomic E-state index is -0.134. The minimum Gasteiger partial charge on any atom is -0.384 e. The highest BCUT2D eigenvalue weighted by Crippen LogP contribution is 2.26. The molecule has 0 aliphatic heterocycles. The van der Waals surface area contributed by atoms with E-state index in [-0.39, 0.29) is 17.1 Å². The largest absolute Gasteiger partial charge is 0.384 e. The summed E-state index contributed by atoms with van der Waals surface area (Å²) in [4.78, 5) is 12.6. The molecule has 6 N–H and O–H groups in total. The Kier molecular flexibility index (Phi) is 2.95. The first-order valence-electron chi connectivity index (χ1n) is 6.17. The molecule has 0 amide bonds. The van der Waals surface area contributed by atoms with Gasteiger partial charge in [0.05, 0.1) is 0 Å². The van der Waals surface area contributed by atoms with E-state index in [1.54, 1.807) is 36.4 Å². The van der Waals surface area contributed by atoms with E-state index in [1.165, 1.54) is 11.3 Å². The molecule has 0 unspecified atom stereocenters. The van der Waals surface area contributed by atoms with Crippen LogP contribution in [0.3, 0.4) is 0 Å². The van der Waals surface area contributed by atoms with E-state index >= 15 is 0 Å². The fraction of sp³-hybridized carbons (Fsp3) is 0. The standard InChI is InChI=1S/C15H12N4OS/c16-14(17)7-1-3-11-9(5-7)13(20)10-6-8(15(18)19)2-4-12(10)21-11/h1-6H,(H3,16,17)(H3,18,19). The first kappa shape index (κ1) is 13.3. The Labute approximate surface area is 123 Å². The zero-order chi connectivity index (χ0) is 15.1. The van der Waals surface area contributed by atoms with E-state index in [0.29, 0.717) is 21.9 Å². The lowest BCUT2D eigenvalue weighted by Crippen LogP contribution is -2.13. The maximum absolute atomic E-state index is 12.6. The van der Waals surface area contributed by atoms with Crippen LogP contribution in [0.1, 0.15) is 11.1 Å². The van der Waals surface area contributed by atoms with Crippen LogP contribution in [-0.4, -0.2) is 11.7 Å². The monoisotopic (exact) mass is 296 g/mol. The van der Waals surface area contributed by atoms with Gasteiger partial charge in [0.15, 0.2) is 5.43 Å². The predicted molar refractivity (Wildman–Crippen MR) is 87.6 cm³/mol. The summed E-state index contributed by atoms with van der Waals surface area (Å²) in [7, 11) is 0. The van der Waals surface area contributed by atoms with Gasteiger partial charge < -0.3 is 11.5 Å². The third-order valence-corrected chi connectivity index (χ3v) is 4.44. The molecule has 0 radical (unpaired) electrons. The van der Waals surface area contributed by atoms with E-state index in [1.807, 2.05) is 0 Å². The van der Waals surface area contributed by atoms with Crippen LogP contribution in [0.25, 0.3) is 20.2 Å². The van der Waals surface area contributed by atoms with Crippen LogP contribution in [-0.2, 0) is 0 Å². The Hall–Kier alpha value is -2.73. The Morgan fingerprint density at radius 2 is 1.29 bits per heavy atom. The van der Waals surface area contributed by atoms with Crippen LogP contribution < -0.4 is 16.9 Å². The van der Waals surface area contributed by atoms with Gasteiger partial charge in [-0.1, -0.05) is 0 Å². The molecular weight excluding hydrogens is 284 g/mol. The van der Waals surface area contributed by atoms with Gasteiger partial charge in [-0.3, -0.25) is 15.6 Å². The molecule has 104 valence electrons. The van der Waals surface area contributed by atoms with Crippen LogP contribution in [0.2, 0.25) is 0 Å². The molecule has 0 fully saturated rings. The van der Waals surface area contributed by atoms with Crippen molar-refractivity contribution in [1.29, 1.82) is 10.8 Å². The summed E-state index contributed by atoms with van der Waals surface area (Å²) in [6.07, 6.45) is 0. The summed E-state index contributed by atoms with van der Waals surface area (Å²) in [5, 5.41) is 16.0. The van der Waals surface area contributed by atoms with Crippen LogP contribution in [0.4, 0.5) is 0 Å². The van der Waals surface area contributed by atoms with Crippen molar-refractivity contribution in [2.75, 3.05) is 0 Å². The first-order chi connectivity index (χ1) is 9.97. The number of nitrogens with one attached hydrogen (secondary N) is 2. The molecule has 0 aliphatic rings. The van der Waals surface area contributed by atoms with E-state index < -0.39 is 0 Å². The maximum Gasteiger partial charge on any atom is 0.195 e. The number of fused-ring (bicyclic) bond motifs is 2. The van der Waals surface area contributed by atoms with Crippen LogP contribution >= 0.6 is 11.3 Å². The van der Waals surface area contributed by atoms with E-state index in [9.17, 15) is 4.79 Å². The molecule has 0 saturated carbocycles. The Balaban J connectivity index is 2.42. The molecule has 3 rings (SSSR count). The third-order valence-electron chi connectivity index (χ3n) is 3.29. The number of amidine groups is 2. The van der Waals surface area contributed by atoms with Gasteiger partial charge >= 0.3 is 0 Å². The molecule has 1 aromatic heterocycles.